The van der Waals surface area contributed by atoms with Crippen molar-refractivity contribution in [2.24, 2.45) is 0 Å². The summed E-state index contributed by atoms with van der Waals surface area (Å²) in [6.45, 7) is 6.45. The molecular formula is C55H94O6. The standard InChI is InChI=1S/C55H94O6/c1-4-7-10-13-16-19-22-25-27-29-30-33-36-39-42-45-48-54(57)60-51-52(50-59-53(56)47-44-41-38-35-32-24-21-18-15-12-9-6-3)61-55(58)49-46-43-40-37-34-31-28-26-23-20-17-14-11-8-5-2/h7,10,16-17,19-20,23,25-27,30,33,52H,4-6,8-9,11-15,18,21-22,24,28-29,31-32,34-51H2,1-3H3/b10-7-,19-16-,20-17-,26-23-,27-25-,33-30-. The predicted molar refractivity (Wildman–Crippen MR) is 261 cm³/mol. The summed E-state index contributed by atoms with van der Waals surface area (Å²) < 4.78 is 16.8. The fraction of sp³-hybridized carbons (Fsp3) is 0.727. The van der Waals surface area contributed by atoms with E-state index in [2.05, 4.69) is 93.7 Å². The Labute approximate surface area is 376 Å². The van der Waals surface area contributed by atoms with Crippen molar-refractivity contribution in [3.8, 4) is 0 Å². The molecule has 0 heterocycles. The van der Waals surface area contributed by atoms with Gasteiger partial charge in [0.15, 0.2) is 6.10 Å². The first-order chi connectivity index (χ1) is 30.0. The first-order valence-corrected chi connectivity index (χ1v) is 25.5. The van der Waals surface area contributed by atoms with E-state index in [-0.39, 0.29) is 31.1 Å². The van der Waals surface area contributed by atoms with Crippen molar-refractivity contribution in [2.75, 3.05) is 13.2 Å². The van der Waals surface area contributed by atoms with Crippen LogP contribution in [-0.4, -0.2) is 37.2 Å². The Balaban J connectivity index is 4.45. The van der Waals surface area contributed by atoms with Crippen LogP contribution in [0, 0.1) is 0 Å². The molecule has 0 spiro atoms. The van der Waals surface area contributed by atoms with Gasteiger partial charge in [0.25, 0.3) is 0 Å². The molecule has 0 radical (unpaired) electrons. The lowest BCUT2D eigenvalue weighted by molar-refractivity contribution is -0.167. The SMILES string of the molecule is CC/C=C\C/C=C\C/C=C\C/C=C\CCCCCC(=O)OCC(COC(=O)CCCCCCCCCCCCCC)OC(=O)CCCCCCCC/C=C\C=C/CCCCC. The van der Waals surface area contributed by atoms with Crippen molar-refractivity contribution < 1.29 is 28.6 Å². The monoisotopic (exact) mass is 851 g/mol. The molecule has 0 rings (SSSR count). The zero-order chi connectivity index (χ0) is 44.4. The molecule has 0 aliphatic carbocycles. The molecule has 6 heteroatoms. The Morgan fingerprint density at radius 1 is 0.361 bits per heavy atom. The van der Waals surface area contributed by atoms with Gasteiger partial charge in [-0.2, -0.15) is 0 Å². The summed E-state index contributed by atoms with van der Waals surface area (Å²) in [5.41, 5.74) is 0. The van der Waals surface area contributed by atoms with Gasteiger partial charge in [0.05, 0.1) is 0 Å². The Morgan fingerprint density at radius 3 is 1.15 bits per heavy atom. The number of allylic oxidation sites excluding steroid dienone is 12. The molecule has 6 nitrogen and oxygen atoms in total. The number of rotatable bonds is 45. The van der Waals surface area contributed by atoms with Crippen LogP contribution in [0.4, 0.5) is 0 Å². The van der Waals surface area contributed by atoms with Gasteiger partial charge in [0, 0.05) is 19.3 Å². The van der Waals surface area contributed by atoms with Crippen LogP contribution in [0.1, 0.15) is 239 Å². The maximum absolute atomic E-state index is 12.8. The first-order valence-electron chi connectivity index (χ1n) is 25.5. The van der Waals surface area contributed by atoms with Gasteiger partial charge in [-0.15, -0.1) is 0 Å². The highest BCUT2D eigenvalue weighted by Gasteiger charge is 2.19. The van der Waals surface area contributed by atoms with Crippen LogP contribution in [0.3, 0.4) is 0 Å². The first kappa shape index (κ1) is 57.9. The van der Waals surface area contributed by atoms with E-state index in [4.69, 9.17) is 14.2 Å². The molecule has 0 aromatic carbocycles. The Kier molecular flexibility index (Phi) is 46.9. The van der Waals surface area contributed by atoms with Crippen LogP contribution in [0.5, 0.6) is 0 Å². The molecule has 0 saturated carbocycles. The van der Waals surface area contributed by atoms with E-state index in [1.807, 2.05) is 0 Å². The van der Waals surface area contributed by atoms with E-state index in [0.717, 1.165) is 103 Å². The van der Waals surface area contributed by atoms with Gasteiger partial charge in [-0.3, -0.25) is 14.4 Å². The molecule has 0 fully saturated rings. The summed E-state index contributed by atoms with van der Waals surface area (Å²) in [4.78, 5) is 37.9. The van der Waals surface area contributed by atoms with E-state index < -0.39 is 6.10 Å². The van der Waals surface area contributed by atoms with E-state index in [1.54, 1.807) is 0 Å². The van der Waals surface area contributed by atoms with Gasteiger partial charge in [-0.25, -0.2) is 0 Å². The maximum Gasteiger partial charge on any atom is 0.306 e. The van der Waals surface area contributed by atoms with Crippen molar-refractivity contribution in [1.82, 2.24) is 0 Å². The molecule has 0 aromatic rings. The lowest BCUT2D eigenvalue weighted by Crippen LogP contribution is -2.30. The van der Waals surface area contributed by atoms with Gasteiger partial charge < -0.3 is 14.2 Å². The van der Waals surface area contributed by atoms with Crippen molar-refractivity contribution >= 4 is 17.9 Å². The molecule has 0 N–H and O–H groups in total. The summed E-state index contributed by atoms with van der Waals surface area (Å²) in [6.07, 6.45) is 61.6. The zero-order valence-electron chi connectivity index (χ0n) is 39.9. The average Bonchev–Trinajstić information content (AvgIpc) is 3.26. The van der Waals surface area contributed by atoms with Gasteiger partial charge >= 0.3 is 17.9 Å². The summed E-state index contributed by atoms with van der Waals surface area (Å²) in [6, 6.07) is 0. The zero-order valence-corrected chi connectivity index (χ0v) is 39.9. The molecule has 350 valence electrons. The van der Waals surface area contributed by atoms with Crippen LogP contribution >= 0.6 is 0 Å². The second kappa shape index (κ2) is 49.5. The smallest absolute Gasteiger partial charge is 0.306 e. The van der Waals surface area contributed by atoms with Gasteiger partial charge in [-0.05, 0) is 83.5 Å². The number of hydrogen-bond donors (Lipinski definition) is 0. The molecule has 61 heavy (non-hydrogen) atoms. The van der Waals surface area contributed by atoms with Crippen LogP contribution in [0.2, 0.25) is 0 Å². The molecule has 0 bridgehead atoms. The van der Waals surface area contributed by atoms with E-state index in [1.165, 1.54) is 96.3 Å². The minimum Gasteiger partial charge on any atom is -0.462 e. The van der Waals surface area contributed by atoms with Crippen molar-refractivity contribution in [2.45, 2.75) is 245 Å². The lowest BCUT2D eigenvalue weighted by Gasteiger charge is -2.18. The Hall–Kier alpha value is -3.15. The summed E-state index contributed by atoms with van der Waals surface area (Å²) in [5, 5.41) is 0. The fourth-order valence-electron chi connectivity index (χ4n) is 6.89. The highest BCUT2D eigenvalue weighted by Crippen LogP contribution is 2.14. The molecule has 0 aromatic heterocycles. The molecule has 0 saturated heterocycles. The Morgan fingerprint density at radius 2 is 0.689 bits per heavy atom. The second-order valence-corrected chi connectivity index (χ2v) is 16.7. The molecule has 0 aliphatic heterocycles. The van der Waals surface area contributed by atoms with Gasteiger partial charge in [-0.1, -0.05) is 209 Å². The highest BCUT2D eigenvalue weighted by molar-refractivity contribution is 5.71. The van der Waals surface area contributed by atoms with Crippen molar-refractivity contribution in [1.29, 1.82) is 0 Å². The van der Waals surface area contributed by atoms with Crippen LogP contribution in [0.25, 0.3) is 0 Å². The maximum atomic E-state index is 12.8. The van der Waals surface area contributed by atoms with Crippen molar-refractivity contribution in [3.05, 3.63) is 72.9 Å². The third kappa shape index (κ3) is 47.7. The van der Waals surface area contributed by atoms with Crippen LogP contribution in [0.15, 0.2) is 72.9 Å². The van der Waals surface area contributed by atoms with Gasteiger partial charge in [0.1, 0.15) is 13.2 Å². The predicted octanol–water partition coefficient (Wildman–Crippen LogP) is 16.6. The third-order valence-electron chi connectivity index (χ3n) is 10.7. The highest BCUT2D eigenvalue weighted by atomic mass is 16.6. The Bertz CT molecular complexity index is 1160. The van der Waals surface area contributed by atoms with Crippen molar-refractivity contribution in [3.63, 3.8) is 0 Å². The van der Waals surface area contributed by atoms with Gasteiger partial charge in [0.2, 0.25) is 0 Å². The number of carbonyl (C=O) groups excluding carboxylic acids is 3. The van der Waals surface area contributed by atoms with E-state index in [0.29, 0.717) is 19.3 Å². The van der Waals surface area contributed by atoms with E-state index >= 15 is 0 Å². The summed E-state index contributed by atoms with van der Waals surface area (Å²) in [7, 11) is 0. The fourth-order valence-corrected chi connectivity index (χ4v) is 6.89. The number of esters is 3. The topological polar surface area (TPSA) is 78.9 Å². The summed E-state index contributed by atoms with van der Waals surface area (Å²) >= 11 is 0. The number of hydrogen-bond acceptors (Lipinski definition) is 6. The molecule has 1 unspecified atom stereocenters. The normalized spacial score (nSPS) is 12.6. The lowest BCUT2D eigenvalue weighted by atomic mass is 10.0. The number of ether oxygens (including phenoxy) is 3. The van der Waals surface area contributed by atoms with Crippen LogP contribution < -0.4 is 0 Å². The van der Waals surface area contributed by atoms with Crippen LogP contribution in [-0.2, 0) is 28.6 Å². The molecule has 1 atom stereocenters. The average molecular weight is 851 g/mol. The quantitative estimate of drug-likeness (QED) is 0.0200. The molecular weight excluding hydrogens is 757 g/mol. The molecule has 0 aliphatic rings. The number of carbonyl (C=O) groups is 3. The minimum atomic E-state index is -0.792. The largest absolute Gasteiger partial charge is 0.462 e. The van der Waals surface area contributed by atoms with E-state index in [9.17, 15) is 14.4 Å². The third-order valence-corrected chi connectivity index (χ3v) is 10.7. The second-order valence-electron chi connectivity index (χ2n) is 16.7. The minimum absolute atomic E-state index is 0.0892. The molecule has 0 amide bonds. The summed E-state index contributed by atoms with van der Waals surface area (Å²) in [5.74, 6) is -0.932. The number of unbranched alkanes of at least 4 members (excludes halogenated alkanes) is 23.